The number of nitrogen functional groups attached to an aromatic ring is 1. The van der Waals surface area contributed by atoms with E-state index >= 15 is 0 Å². The zero-order chi connectivity index (χ0) is 15.4. The minimum Gasteiger partial charge on any atom is -0.399 e. The van der Waals surface area contributed by atoms with Gasteiger partial charge in [-0.3, -0.25) is 4.79 Å². The number of benzene rings is 2. The summed E-state index contributed by atoms with van der Waals surface area (Å²) in [7, 11) is 0. The lowest BCUT2D eigenvalue weighted by Crippen LogP contribution is -2.14. The Morgan fingerprint density at radius 2 is 1.76 bits per heavy atom. The third-order valence-electron chi connectivity index (χ3n) is 2.72. The van der Waals surface area contributed by atoms with Crippen LogP contribution < -0.4 is 11.1 Å². The van der Waals surface area contributed by atoms with Crippen LogP contribution in [0.3, 0.4) is 0 Å². The topological polar surface area (TPSA) is 55.1 Å². The summed E-state index contributed by atoms with van der Waals surface area (Å²) in [5.74, 6) is 0.106. The second-order valence-corrected chi connectivity index (χ2v) is 6.37. The van der Waals surface area contributed by atoms with Crippen molar-refractivity contribution in [1.29, 1.82) is 0 Å². The molecule has 0 atom stereocenters. The Morgan fingerprint density at radius 1 is 1.19 bits per heavy atom. The summed E-state index contributed by atoms with van der Waals surface area (Å²) < 4.78 is 0. The molecule has 0 fully saturated rings. The largest absolute Gasteiger partial charge is 0.399 e. The molecular formula is C15H14Cl2N2OS. The Morgan fingerprint density at radius 3 is 2.33 bits per heavy atom. The van der Waals surface area contributed by atoms with E-state index in [9.17, 15) is 4.79 Å². The fourth-order valence-electron chi connectivity index (χ4n) is 1.67. The van der Waals surface area contributed by atoms with Crippen LogP contribution in [0.1, 0.15) is 5.56 Å². The SMILES string of the molecule is Cc1ccc(SCC(=O)Nc2c(Cl)cc(N)cc2Cl)cc1. The molecule has 2 rings (SSSR count). The predicted molar refractivity (Wildman–Crippen MR) is 91.4 cm³/mol. The number of halogens is 2. The Balaban J connectivity index is 1.97. The number of hydrogen-bond donors (Lipinski definition) is 2. The molecule has 1 amide bonds. The van der Waals surface area contributed by atoms with Crippen molar-refractivity contribution in [2.75, 3.05) is 16.8 Å². The summed E-state index contributed by atoms with van der Waals surface area (Å²) in [4.78, 5) is 13.0. The van der Waals surface area contributed by atoms with Crippen molar-refractivity contribution in [1.82, 2.24) is 0 Å². The third-order valence-corrected chi connectivity index (χ3v) is 4.33. The van der Waals surface area contributed by atoms with E-state index in [1.54, 1.807) is 12.1 Å². The lowest BCUT2D eigenvalue weighted by molar-refractivity contribution is -0.113. The molecular weight excluding hydrogens is 327 g/mol. The number of carbonyl (C=O) groups is 1. The molecule has 0 aliphatic carbocycles. The van der Waals surface area contributed by atoms with Crippen molar-refractivity contribution in [2.45, 2.75) is 11.8 Å². The Labute approximate surface area is 137 Å². The monoisotopic (exact) mass is 340 g/mol. The molecule has 0 aromatic heterocycles. The van der Waals surface area contributed by atoms with Crippen LogP contribution in [0.5, 0.6) is 0 Å². The van der Waals surface area contributed by atoms with Crippen LogP contribution in [0.4, 0.5) is 11.4 Å². The summed E-state index contributed by atoms with van der Waals surface area (Å²) in [6.45, 7) is 2.02. The predicted octanol–water partition coefficient (Wildman–Crippen LogP) is 4.61. The zero-order valence-corrected chi connectivity index (χ0v) is 13.6. The van der Waals surface area contributed by atoms with Gasteiger partial charge < -0.3 is 11.1 Å². The van der Waals surface area contributed by atoms with E-state index in [-0.39, 0.29) is 11.7 Å². The first kappa shape index (κ1) is 16.0. The van der Waals surface area contributed by atoms with Gasteiger partial charge in [-0.2, -0.15) is 0 Å². The highest BCUT2D eigenvalue weighted by molar-refractivity contribution is 8.00. The second-order valence-electron chi connectivity index (χ2n) is 4.51. The van der Waals surface area contributed by atoms with E-state index in [4.69, 9.17) is 28.9 Å². The molecule has 0 aliphatic rings. The first-order valence-electron chi connectivity index (χ1n) is 6.19. The minimum atomic E-state index is -0.172. The van der Waals surface area contributed by atoms with Crippen LogP contribution in [0, 0.1) is 6.92 Å². The first-order valence-corrected chi connectivity index (χ1v) is 7.93. The van der Waals surface area contributed by atoms with Gasteiger partial charge in [0.15, 0.2) is 0 Å². The summed E-state index contributed by atoms with van der Waals surface area (Å²) in [5.41, 5.74) is 7.65. The summed E-state index contributed by atoms with van der Waals surface area (Å²) in [6.07, 6.45) is 0. The Hall–Kier alpha value is -1.36. The molecule has 2 aromatic carbocycles. The Kier molecular flexibility index (Phi) is 5.39. The van der Waals surface area contributed by atoms with E-state index in [1.807, 2.05) is 31.2 Å². The molecule has 2 aromatic rings. The first-order chi connectivity index (χ1) is 9.95. The van der Waals surface area contributed by atoms with Gasteiger partial charge in [0.2, 0.25) is 5.91 Å². The van der Waals surface area contributed by atoms with Gasteiger partial charge in [0.25, 0.3) is 0 Å². The van der Waals surface area contributed by atoms with Gasteiger partial charge in [0.1, 0.15) is 0 Å². The van der Waals surface area contributed by atoms with E-state index in [0.29, 0.717) is 21.4 Å². The van der Waals surface area contributed by atoms with Gasteiger partial charge in [0, 0.05) is 10.6 Å². The summed E-state index contributed by atoms with van der Waals surface area (Å²) >= 11 is 13.5. The smallest absolute Gasteiger partial charge is 0.234 e. The standard InChI is InChI=1S/C15H14Cl2N2OS/c1-9-2-4-11(5-3-9)21-8-14(20)19-15-12(16)6-10(18)7-13(15)17/h2-7H,8,18H2,1H3,(H,19,20). The fraction of sp³-hybridized carbons (Fsp3) is 0.133. The lowest BCUT2D eigenvalue weighted by Gasteiger charge is -2.10. The van der Waals surface area contributed by atoms with Crippen LogP contribution in [0.25, 0.3) is 0 Å². The molecule has 21 heavy (non-hydrogen) atoms. The summed E-state index contributed by atoms with van der Waals surface area (Å²) in [5, 5.41) is 3.36. The third kappa shape index (κ3) is 4.56. The van der Waals surface area contributed by atoms with Crippen molar-refractivity contribution in [2.24, 2.45) is 0 Å². The zero-order valence-electron chi connectivity index (χ0n) is 11.3. The number of carbonyl (C=O) groups excluding carboxylic acids is 1. The van der Waals surface area contributed by atoms with Crippen LogP contribution in [-0.2, 0) is 4.79 Å². The van der Waals surface area contributed by atoms with Gasteiger partial charge >= 0.3 is 0 Å². The van der Waals surface area contributed by atoms with E-state index < -0.39 is 0 Å². The van der Waals surface area contributed by atoms with Gasteiger partial charge in [-0.1, -0.05) is 40.9 Å². The summed E-state index contributed by atoms with van der Waals surface area (Å²) in [6, 6.07) is 11.1. The molecule has 0 bridgehead atoms. The van der Waals surface area contributed by atoms with Gasteiger partial charge in [-0.05, 0) is 31.2 Å². The maximum Gasteiger partial charge on any atom is 0.234 e. The van der Waals surface area contributed by atoms with Crippen LogP contribution >= 0.6 is 35.0 Å². The quantitative estimate of drug-likeness (QED) is 0.630. The average Bonchev–Trinajstić information content (AvgIpc) is 2.42. The molecule has 3 N–H and O–H groups in total. The Bertz CT molecular complexity index is 636. The van der Waals surface area contributed by atoms with Crippen LogP contribution in [0.2, 0.25) is 10.0 Å². The molecule has 0 heterocycles. The minimum absolute atomic E-state index is 0.172. The molecule has 0 saturated heterocycles. The van der Waals surface area contributed by atoms with E-state index in [0.717, 1.165) is 4.90 Å². The van der Waals surface area contributed by atoms with Crippen molar-refractivity contribution in [3.8, 4) is 0 Å². The van der Waals surface area contributed by atoms with E-state index in [2.05, 4.69) is 5.32 Å². The van der Waals surface area contributed by atoms with Crippen molar-refractivity contribution < 1.29 is 4.79 Å². The fourth-order valence-corrected chi connectivity index (χ4v) is 2.97. The molecule has 3 nitrogen and oxygen atoms in total. The van der Waals surface area contributed by atoms with E-state index in [1.165, 1.54) is 17.3 Å². The molecule has 110 valence electrons. The van der Waals surface area contributed by atoms with Crippen LogP contribution in [0.15, 0.2) is 41.3 Å². The van der Waals surface area contributed by atoms with Gasteiger partial charge in [-0.25, -0.2) is 0 Å². The van der Waals surface area contributed by atoms with Crippen LogP contribution in [-0.4, -0.2) is 11.7 Å². The molecule has 0 unspecified atom stereocenters. The number of thioether (sulfide) groups is 1. The van der Waals surface area contributed by atoms with Gasteiger partial charge in [-0.15, -0.1) is 11.8 Å². The molecule has 0 aliphatic heterocycles. The molecule has 0 saturated carbocycles. The number of hydrogen-bond acceptors (Lipinski definition) is 3. The van der Waals surface area contributed by atoms with Crippen molar-refractivity contribution in [3.63, 3.8) is 0 Å². The number of aryl methyl sites for hydroxylation is 1. The highest BCUT2D eigenvalue weighted by Crippen LogP contribution is 2.33. The average molecular weight is 341 g/mol. The number of rotatable bonds is 4. The number of anilines is 2. The lowest BCUT2D eigenvalue weighted by atomic mass is 10.2. The van der Waals surface area contributed by atoms with Crippen molar-refractivity contribution >= 4 is 52.2 Å². The highest BCUT2D eigenvalue weighted by Gasteiger charge is 2.11. The maximum atomic E-state index is 12.0. The number of amides is 1. The van der Waals surface area contributed by atoms with Crippen molar-refractivity contribution in [3.05, 3.63) is 52.0 Å². The second kappa shape index (κ2) is 7.07. The highest BCUT2D eigenvalue weighted by atomic mass is 35.5. The number of nitrogens with two attached hydrogens (primary N) is 1. The normalized spacial score (nSPS) is 10.4. The maximum absolute atomic E-state index is 12.0. The number of nitrogens with one attached hydrogen (secondary N) is 1. The molecule has 0 spiro atoms. The van der Waals surface area contributed by atoms with Gasteiger partial charge in [0.05, 0.1) is 21.5 Å². The molecule has 0 radical (unpaired) electrons. The molecule has 6 heteroatoms.